The number of benzene rings is 2. The summed E-state index contributed by atoms with van der Waals surface area (Å²) in [6, 6.07) is 13.7. The summed E-state index contributed by atoms with van der Waals surface area (Å²) in [5.74, 6) is 1.50. The van der Waals surface area contributed by atoms with Gasteiger partial charge in [0.1, 0.15) is 24.7 Å². The predicted octanol–water partition coefficient (Wildman–Crippen LogP) is 4.20. The Hall–Kier alpha value is -3.28. The molecule has 0 spiro atoms. The van der Waals surface area contributed by atoms with Crippen molar-refractivity contribution in [2.45, 2.75) is 33.9 Å². The van der Waals surface area contributed by atoms with E-state index in [1.807, 2.05) is 57.2 Å². The smallest absolute Gasteiger partial charge is 0.248 e. The van der Waals surface area contributed by atoms with Gasteiger partial charge in [-0.1, -0.05) is 23.8 Å². The molecule has 6 nitrogen and oxygen atoms in total. The number of carbonyl (C=O) groups excluding carboxylic acids is 1. The number of hydrogen-bond acceptors (Lipinski definition) is 4. The molecule has 0 unspecified atom stereocenters. The number of carbonyl (C=O) groups is 1. The predicted molar refractivity (Wildman–Crippen MR) is 112 cm³/mol. The molecule has 2 heterocycles. The van der Waals surface area contributed by atoms with E-state index in [1.54, 1.807) is 15.8 Å². The Morgan fingerprint density at radius 1 is 1.24 bits per heavy atom. The van der Waals surface area contributed by atoms with E-state index >= 15 is 0 Å². The van der Waals surface area contributed by atoms with Crippen molar-refractivity contribution in [3.8, 4) is 22.8 Å². The first-order valence-electron chi connectivity index (χ1n) is 9.93. The van der Waals surface area contributed by atoms with E-state index in [-0.39, 0.29) is 12.5 Å². The summed E-state index contributed by atoms with van der Waals surface area (Å²) in [6.45, 7) is 7.65. The van der Waals surface area contributed by atoms with E-state index in [1.165, 1.54) is 0 Å². The quantitative estimate of drug-likeness (QED) is 0.632. The standard InChI is InChI=1S/C23H25N3O3/c1-4-25(19-8-6-7-9-21(19)28-5-2)22(27)14-26-23-17(13-24-26)15-29-20-11-10-16(3)12-18(20)23/h6-13H,4-5,14-15H2,1-3H3. The summed E-state index contributed by atoms with van der Waals surface area (Å²) in [6.07, 6.45) is 1.79. The van der Waals surface area contributed by atoms with Crippen LogP contribution in [0.5, 0.6) is 11.5 Å². The number of anilines is 1. The minimum atomic E-state index is -0.0359. The Bertz CT molecular complexity index is 1040. The molecule has 0 saturated heterocycles. The van der Waals surface area contributed by atoms with Crippen molar-refractivity contribution >= 4 is 11.6 Å². The fourth-order valence-corrected chi connectivity index (χ4v) is 3.72. The molecule has 1 aromatic heterocycles. The van der Waals surface area contributed by atoms with Crippen molar-refractivity contribution in [3.63, 3.8) is 0 Å². The molecule has 6 heteroatoms. The number of aryl methyl sites for hydroxylation is 1. The number of fused-ring (bicyclic) bond motifs is 3. The van der Waals surface area contributed by atoms with Crippen LogP contribution in [0.4, 0.5) is 5.69 Å². The zero-order valence-corrected chi connectivity index (χ0v) is 17.0. The van der Waals surface area contributed by atoms with Gasteiger partial charge in [0.05, 0.1) is 24.2 Å². The first-order valence-corrected chi connectivity index (χ1v) is 9.93. The lowest BCUT2D eigenvalue weighted by Gasteiger charge is -2.24. The van der Waals surface area contributed by atoms with Crippen LogP contribution in [0.2, 0.25) is 0 Å². The van der Waals surface area contributed by atoms with E-state index in [0.29, 0.717) is 25.5 Å². The van der Waals surface area contributed by atoms with Gasteiger partial charge in [-0.2, -0.15) is 5.10 Å². The summed E-state index contributed by atoms with van der Waals surface area (Å²) in [7, 11) is 0. The van der Waals surface area contributed by atoms with Crippen LogP contribution < -0.4 is 14.4 Å². The Morgan fingerprint density at radius 3 is 2.86 bits per heavy atom. The SMILES string of the molecule is CCOc1ccccc1N(CC)C(=O)Cn1ncc2c1-c1cc(C)ccc1OC2. The zero-order chi connectivity index (χ0) is 20.4. The normalized spacial score (nSPS) is 12.0. The maximum Gasteiger partial charge on any atom is 0.248 e. The average molecular weight is 391 g/mol. The van der Waals surface area contributed by atoms with Crippen LogP contribution in [-0.4, -0.2) is 28.8 Å². The Morgan fingerprint density at radius 2 is 2.07 bits per heavy atom. The number of amides is 1. The largest absolute Gasteiger partial charge is 0.492 e. The summed E-state index contributed by atoms with van der Waals surface area (Å²) < 4.78 is 13.3. The second kappa shape index (κ2) is 7.99. The molecule has 0 saturated carbocycles. The van der Waals surface area contributed by atoms with Crippen LogP contribution in [0.3, 0.4) is 0 Å². The van der Waals surface area contributed by atoms with Gasteiger partial charge in [-0.25, -0.2) is 0 Å². The first kappa shape index (κ1) is 19.1. The molecule has 3 aromatic rings. The molecule has 1 aliphatic heterocycles. The molecule has 4 rings (SSSR count). The molecule has 0 N–H and O–H groups in total. The van der Waals surface area contributed by atoms with Crippen molar-refractivity contribution in [2.75, 3.05) is 18.1 Å². The lowest BCUT2D eigenvalue weighted by molar-refractivity contribution is -0.119. The Labute approximate surface area is 170 Å². The van der Waals surface area contributed by atoms with Gasteiger partial charge in [-0.05, 0) is 45.0 Å². The van der Waals surface area contributed by atoms with Crippen molar-refractivity contribution in [3.05, 3.63) is 59.8 Å². The van der Waals surface area contributed by atoms with Crippen LogP contribution >= 0.6 is 0 Å². The fraction of sp³-hybridized carbons (Fsp3) is 0.304. The lowest BCUT2D eigenvalue weighted by atomic mass is 10.0. The summed E-state index contributed by atoms with van der Waals surface area (Å²) in [5, 5.41) is 4.49. The lowest BCUT2D eigenvalue weighted by Crippen LogP contribution is -2.34. The molecular weight excluding hydrogens is 366 g/mol. The van der Waals surface area contributed by atoms with E-state index in [4.69, 9.17) is 9.47 Å². The summed E-state index contributed by atoms with van der Waals surface area (Å²) >= 11 is 0. The van der Waals surface area contributed by atoms with Crippen LogP contribution in [-0.2, 0) is 17.9 Å². The van der Waals surface area contributed by atoms with Gasteiger partial charge in [-0.3, -0.25) is 9.48 Å². The molecule has 0 radical (unpaired) electrons. The third-order valence-electron chi connectivity index (χ3n) is 5.05. The molecule has 150 valence electrons. The monoisotopic (exact) mass is 391 g/mol. The van der Waals surface area contributed by atoms with E-state index in [9.17, 15) is 4.79 Å². The fourth-order valence-electron chi connectivity index (χ4n) is 3.72. The van der Waals surface area contributed by atoms with E-state index < -0.39 is 0 Å². The summed E-state index contributed by atoms with van der Waals surface area (Å²) in [4.78, 5) is 15.0. The average Bonchev–Trinajstić information content (AvgIpc) is 3.13. The molecule has 2 aromatic carbocycles. The Kier molecular flexibility index (Phi) is 5.25. The van der Waals surface area contributed by atoms with E-state index in [0.717, 1.165) is 33.8 Å². The molecule has 1 aliphatic rings. The number of para-hydroxylation sites is 2. The van der Waals surface area contributed by atoms with Crippen LogP contribution in [0.15, 0.2) is 48.7 Å². The molecule has 29 heavy (non-hydrogen) atoms. The topological polar surface area (TPSA) is 56.6 Å². The van der Waals surface area contributed by atoms with Crippen LogP contribution in [0.25, 0.3) is 11.3 Å². The van der Waals surface area contributed by atoms with Crippen molar-refractivity contribution in [1.29, 1.82) is 0 Å². The van der Waals surface area contributed by atoms with Gasteiger partial charge < -0.3 is 14.4 Å². The number of rotatable bonds is 6. The second-order valence-electron chi connectivity index (χ2n) is 7.00. The van der Waals surface area contributed by atoms with E-state index in [2.05, 4.69) is 11.2 Å². The highest BCUT2D eigenvalue weighted by Gasteiger charge is 2.25. The Balaban J connectivity index is 1.66. The molecular formula is C23H25N3O3. The number of hydrogen-bond donors (Lipinski definition) is 0. The van der Waals surface area contributed by atoms with Crippen molar-refractivity contribution < 1.29 is 14.3 Å². The third-order valence-corrected chi connectivity index (χ3v) is 5.05. The maximum atomic E-state index is 13.2. The van der Waals surface area contributed by atoms with Crippen LogP contribution in [0, 0.1) is 6.92 Å². The van der Waals surface area contributed by atoms with Gasteiger partial charge in [0.15, 0.2) is 0 Å². The van der Waals surface area contributed by atoms with Crippen molar-refractivity contribution in [1.82, 2.24) is 9.78 Å². The third kappa shape index (κ3) is 3.58. The maximum absolute atomic E-state index is 13.2. The number of aromatic nitrogens is 2. The molecule has 0 fully saturated rings. The van der Waals surface area contributed by atoms with Gasteiger partial charge in [0.25, 0.3) is 0 Å². The van der Waals surface area contributed by atoms with Gasteiger partial charge in [0, 0.05) is 17.7 Å². The molecule has 1 amide bonds. The van der Waals surface area contributed by atoms with Gasteiger partial charge >= 0.3 is 0 Å². The minimum Gasteiger partial charge on any atom is -0.492 e. The highest BCUT2D eigenvalue weighted by atomic mass is 16.5. The highest BCUT2D eigenvalue weighted by molar-refractivity contribution is 5.95. The highest BCUT2D eigenvalue weighted by Crippen LogP contribution is 2.38. The van der Waals surface area contributed by atoms with Gasteiger partial charge in [0.2, 0.25) is 5.91 Å². The number of likely N-dealkylation sites (N-methyl/N-ethyl adjacent to an activating group) is 1. The summed E-state index contributed by atoms with van der Waals surface area (Å²) in [5.41, 5.74) is 4.85. The number of ether oxygens (including phenoxy) is 2. The number of nitrogens with zero attached hydrogens (tertiary/aromatic N) is 3. The first-order chi connectivity index (χ1) is 14.1. The molecule has 0 bridgehead atoms. The molecule has 0 aliphatic carbocycles. The van der Waals surface area contributed by atoms with Crippen molar-refractivity contribution in [2.24, 2.45) is 0 Å². The second-order valence-corrected chi connectivity index (χ2v) is 7.00. The molecule has 0 atom stereocenters. The van der Waals surface area contributed by atoms with Crippen LogP contribution in [0.1, 0.15) is 25.0 Å². The minimum absolute atomic E-state index is 0.0359. The van der Waals surface area contributed by atoms with Gasteiger partial charge in [-0.15, -0.1) is 0 Å². The zero-order valence-electron chi connectivity index (χ0n) is 17.0.